The quantitative estimate of drug-likeness (QED) is 0.635. The SMILES string of the molecule is Cc1cccc(C(=O)c2ccc(N)c(F)c2)c1. The summed E-state index contributed by atoms with van der Waals surface area (Å²) in [6, 6.07) is 11.3. The van der Waals surface area contributed by atoms with Gasteiger partial charge in [0.25, 0.3) is 0 Å². The highest BCUT2D eigenvalue weighted by molar-refractivity contribution is 6.09. The molecule has 0 fully saturated rings. The summed E-state index contributed by atoms with van der Waals surface area (Å²) in [5, 5.41) is 0. The Morgan fingerprint density at radius 3 is 2.47 bits per heavy atom. The fourth-order valence-corrected chi connectivity index (χ4v) is 1.62. The Morgan fingerprint density at radius 1 is 1.12 bits per heavy atom. The van der Waals surface area contributed by atoms with E-state index in [0.29, 0.717) is 11.1 Å². The standard InChI is InChI=1S/C14H12FNO/c1-9-3-2-4-10(7-9)14(17)11-5-6-13(16)12(15)8-11/h2-8H,16H2,1H3. The zero-order chi connectivity index (χ0) is 12.4. The molecule has 0 atom stereocenters. The lowest BCUT2D eigenvalue weighted by molar-refractivity contribution is 0.103. The molecule has 0 saturated carbocycles. The second-order valence-electron chi connectivity index (χ2n) is 3.93. The predicted octanol–water partition coefficient (Wildman–Crippen LogP) is 2.95. The maximum atomic E-state index is 13.3. The van der Waals surface area contributed by atoms with Gasteiger partial charge in [-0.05, 0) is 31.2 Å². The monoisotopic (exact) mass is 229 g/mol. The largest absolute Gasteiger partial charge is 0.396 e. The molecule has 0 heterocycles. The van der Waals surface area contributed by atoms with Gasteiger partial charge in [0.1, 0.15) is 5.82 Å². The fourth-order valence-electron chi connectivity index (χ4n) is 1.62. The van der Waals surface area contributed by atoms with Crippen LogP contribution in [-0.4, -0.2) is 5.78 Å². The van der Waals surface area contributed by atoms with Crippen LogP contribution >= 0.6 is 0 Å². The third-order valence-electron chi connectivity index (χ3n) is 2.54. The number of halogens is 1. The van der Waals surface area contributed by atoms with Gasteiger partial charge in [0.15, 0.2) is 5.78 Å². The maximum Gasteiger partial charge on any atom is 0.193 e. The average Bonchev–Trinajstić information content (AvgIpc) is 2.32. The van der Waals surface area contributed by atoms with E-state index in [-0.39, 0.29) is 11.5 Å². The third-order valence-corrected chi connectivity index (χ3v) is 2.54. The van der Waals surface area contributed by atoms with Crippen molar-refractivity contribution in [2.75, 3.05) is 5.73 Å². The van der Waals surface area contributed by atoms with E-state index in [4.69, 9.17) is 5.73 Å². The third kappa shape index (κ3) is 2.33. The Kier molecular flexibility index (Phi) is 2.91. The number of anilines is 1. The molecule has 2 aromatic carbocycles. The van der Waals surface area contributed by atoms with Crippen LogP contribution in [0.2, 0.25) is 0 Å². The van der Waals surface area contributed by atoms with Crippen LogP contribution in [0.5, 0.6) is 0 Å². The minimum absolute atomic E-state index is 0.0470. The summed E-state index contributed by atoms with van der Waals surface area (Å²) in [5.41, 5.74) is 7.26. The van der Waals surface area contributed by atoms with Crippen LogP contribution < -0.4 is 5.73 Å². The summed E-state index contributed by atoms with van der Waals surface area (Å²) in [6.07, 6.45) is 0. The van der Waals surface area contributed by atoms with E-state index in [1.807, 2.05) is 13.0 Å². The molecule has 86 valence electrons. The van der Waals surface area contributed by atoms with Crippen LogP contribution in [0.15, 0.2) is 42.5 Å². The molecule has 0 aliphatic rings. The van der Waals surface area contributed by atoms with Gasteiger partial charge >= 0.3 is 0 Å². The van der Waals surface area contributed by atoms with Gasteiger partial charge in [-0.3, -0.25) is 4.79 Å². The van der Waals surface area contributed by atoms with Crippen LogP contribution in [-0.2, 0) is 0 Å². The van der Waals surface area contributed by atoms with Gasteiger partial charge in [-0.2, -0.15) is 0 Å². The number of ketones is 1. The predicted molar refractivity (Wildman–Crippen MR) is 65.4 cm³/mol. The molecule has 0 aliphatic carbocycles. The molecule has 0 unspecified atom stereocenters. The van der Waals surface area contributed by atoms with Crippen molar-refractivity contribution in [2.45, 2.75) is 6.92 Å². The van der Waals surface area contributed by atoms with E-state index in [0.717, 1.165) is 5.56 Å². The summed E-state index contributed by atoms with van der Waals surface area (Å²) in [4.78, 5) is 12.1. The molecular formula is C14H12FNO. The summed E-state index contributed by atoms with van der Waals surface area (Å²) in [5.74, 6) is -0.767. The molecule has 3 heteroatoms. The zero-order valence-corrected chi connectivity index (χ0v) is 9.41. The van der Waals surface area contributed by atoms with Crippen LogP contribution in [0.1, 0.15) is 21.5 Å². The van der Waals surface area contributed by atoms with Crippen LogP contribution in [0.4, 0.5) is 10.1 Å². The summed E-state index contributed by atoms with van der Waals surface area (Å²) >= 11 is 0. The Hall–Kier alpha value is -2.16. The van der Waals surface area contributed by atoms with E-state index in [1.165, 1.54) is 18.2 Å². The molecule has 17 heavy (non-hydrogen) atoms. The van der Waals surface area contributed by atoms with Crippen LogP contribution in [0.25, 0.3) is 0 Å². The molecule has 0 bridgehead atoms. The molecule has 2 N–H and O–H groups in total. The van der Waals surface area contributed by atoms with E-state index in [2.05, 4.69) is 0 Å². The van der Waals surface area contributed by atoms with Crippen molar-refractivity contribution in [3.05, 3.63) is 65.0 Å². The smallest absolute Gasteiger partial charge is 0.193 e. The second kappa shape index (κ2) is 4.37. The van der Waals surface area contributed by atoms with E-state index in [1.54, 1.807) is 18.2 Å². The van der Waals surface area contributed by atoms with Crippen LogP contribution in [0, 0.1) is 12.7 Å². The topological polar surface area (TPSA) is 43.1 Å². The number of carbonyl (C=O) groups is 1. The van der Waals surface area contributed by atoms with Crippen molar-refractivity contribution in [1.82, 2.24) is 0 Å². The number of hydrogen-bond donors (Lipinski definition) is 1. The molecule has 2 nitrogen and oxygen atoms in total. The Labute approximate surface area is 98.9 Å². The molecule has 0 saturated heterocycles. The molecule has 0 aromatic heterocycles. The number of aryl methyl sites for hydroxylation is 1. The van der Waals surface area contributed by atoms with E-state index in [9.17, 15) is 9.18 Å². The van der Waals surface area contributed by atoms with Crippen molar-refractivity contribution in [3.63, 3.8) is 0 Å². The van der Waals surface area contributed by atoms with Crippen molar-refractivity contribution >= 4 is 11.5 Å². The second-order valence-corrected chi connectivity index (χ2v) is 3.93. The van der Waals surface area contributed by atoms with Crippen molar-refractivity contribution in [3.8, 4) is 0 Å². The fraction of sp³-hybridized carbons (Fsp3) is 0.0714. The minimum Gasteiger partial charge on any atom is -0.396 e. The highest BCUT2D eigenvalue weighted by atomic mass is 19.1. The number of benzene rings is 2. The van der Waals surface area contributed by atoms with E-state index < -0.39 is 5.82 Å². The normalized spacial score (nSPS) is 10.2. The first-order valence-electron chi connectivity index (χ1n) is 5.24. The molecule has 0 aliphatic heterocycles. The maximum absolute atomic E-state index is 13.3. The summed E-state index contributed by atoms with van der Waals surface area (Å²) in [6.45, 7) is 1.90. The molecular weight excluding hydrogens is 217 g/mol. The molecule has 0 radical (unpaired) electrons. The Morgan fingerprint density at radius 2 is 1.82 bits per heavy atom. The Bertz CT molecular complexity index is 578. The zero-order valence-electron chi connectivity index (χ0n) is 9.41. The van der Waals surface area contributed by atoms with Gasteiger partial charge in [0, 0.05) is 11.1 Å². The number of carbonyl (C=O) groups excluding carboxylic acids is 1. The molecule has 0 spiro atoms. The van der Waals surface area contributed by atoms with Gasteiger partial charge in [0.05, 0.1) is 5.69 Å². The first kappa shape index (κ1) is 11.3. The van der Waals surface area contributed by atoms with E-state index >= 15 is 0 Å². The van der Waals surface area contributed by atoms with Gasteiger partial charge in [-0.15, -0.1) is 0 Å². The highest BCUT2D eigenvalue weighted by Gasteiger charge is 2.10. The van der Waals surface area contributed by atoms with Gasteiger partial charge < -0.3 is 5.73 Å². The molecule has 2 rings (SSSR count). The lowest BCUT2D eigenvalue weighted by atomic mass is 10.0. The first-order chi connectivity index (χ1) is 8.08. The Balaban J connectivity index is 2.40. The van der Waals surface area contributed by atoms with Gasteiger partial charge in [0.2, 0.25) is 0 Å². The lowest BCUT2D eigenvalue weighted by Crippen LogP contribution is -2.03. The van der Waals surface area contributed by atoms with Crippen molar-refractivity contribution in [1.29, 1.82) is 0 Å². The average molecular weight is 229 g/mol. The molecule has 2 aromatic rings. The summed E-state index contributed by atoms with van der Waals surface area (Å²) < 4.78 is 13.3. The van der Waals surface area contributed by atoms with Crippen molar-refractivity contribution in [2.24, 2.45) is 0 Å². The van der Waals surface area contributed by atoms with Crippen LogP contribution in [0.3, 0.4) is 0 Å². The number of rotatable bonds is 2. The van der Waals surface area contributed by atoms with Crippen molar-refractivity contribution < 1.29 is 9.18 Å². The molecule has 0 amide bonds. The number of nitrogens with two attached hydrogens (primary N) is 1. The van der Waals surface area contributed by atoms with Gasteiger partial charge in [-0.1, -0.05) is 23.8 Å². The van der Waals surface area contributed by atoms with Gasteiger partial charge in [-0.25, -0.2) is 4.39 Å². The number of hydrogen-bond acceptors (Lipinski definition) is 2. The first-order valence-corrected chi connectivity index (χ1v) is 5.24. The highest BCUT2D eigenvalue weighted by Crippen LogP contribution is 2.16. The number of nitrogen functional groups attached to an aromatic ring is 1. The minimum atomic E-state index is -0.566. The summed E-state index contributed by atoms with van der Waals surface area (Å²) in [7, 11) is 0. The lowest BCUT2D eigenvalue weighted by Gasteiger charge is -2.03.